The molecule has 2 aromatic rings. The maximum atomic E-state index is 12.5. The third-order valence-corrected chi connectivity index (χ3v) is 5.45. The molecule has 1 fully saturated rings. The van der Waals surface area contributed by atoms with E-state index in [9.17, 15) is 14.4 Å². The van der Waals surface area contributed by atoms with Crippen molar-refractivity contribution in [1.82, 2.24) is 4.90 Å². The molecule has 1 aliphatic rings. The lowest BCUT2D eigenvalue weighted by atomic mass is 10.1. The van der Waals surface area contributed by atoms with Crippen molar-refractivity contribution in [3.8, 4) is 11.3 Å². The van der Waals surface area contributed by atoms with E-state index >= 15 is 0 Å². The summed E-state index contributed by atoms with van der Waals surface area (Å²) >= 11 is 7.02. The van der Waals surface area contributed by atoms with Gasteiger partial charge in [0.2, 0.25) is 0 Å². The van der Waals surface area contributed by atoms with Crippen LogP contribution >= 0.6 is 23.4 Å². The quantitative estimate of drug-likeness (QED) is 0.693. The molecule has 0 bridgehead atoms. The standard InChI is InChI=1S/C19H16ClNO5S/c1-3-10(2)21-17(22)16(27-19(21)25)9-12-5-7-15(26-12)13-8-11(18(23)24)4-6-14(13)20/h4-10H,3H2,1-2H3,(H,23,24)/b16-9+. The Hall–Kier alpha value is -2.51. The summed E-state index contributed by atoms with van der Waals surface area (Å²) in [6, 6.07) is 7.41. The van der Waals surface area contributed by atoms with Crippen LogP contribution in [0.2, 0.25) is 5.02 Å². The van der Waals surface area contributed by atoms with Gasteiger partial charge in [0, 0.05) is 17.7 Å². The summed E-state index contributed by atoms with van der Waals surface area (Å²) in [5, 5.41) is 9.17. The number of nitrogens with zero attached hydrogens (tertiary/aromatic N) is 1. The summed E-state index contributed by atoms with van der Waals surface area (Å²) in [6.45, 7) is 3.73. The highest BCUT2D eigenvalue weighted by Crippen LogP contribution is 2.36. The first-order valence-corrected chi connectivity index (χ1v) is 9.41. The minimum atomic E-state index is -1.07. The summed E-state index contributed by atoms with van der Waals surface area (Å²) < 4.78 is 5.70. The van der Waals surface area contributed by atoms with E-state index in [1.54, 1.807) is 12.1 Å². The molecular weight excluding hydrogens is 390 g/mol. The molecule has 2 heterocycles. The zero-order chi connectivity index (χ0) is 19.7. The van der Waals surface area contributed by atoms with Crippen LogP contribution < -0.4 is 0 Å². The maximum Gasteiger partial charge on any atom is 0.335 e. The Kier molecular flexibility index (Phi) is 5.43. The Morgan fingerprint density at radius 1 is 1.33 bits per heavy atom. The van der Waals surface area contributed by atoms with E-state index in [0.717, 1.165) is 11.8 Å². The lowest BCUT2D eigenvalue weighted by Gasteiger charge is -2.19. The van der Waals surface area contributed by atoms with Crippen LogP contribution in [0.25, 0.3) is 17.4 Å². The second-order valence-corrected chi connectivity index (χ2v) is 7.41. The van der Waals surface area contributed by atoms with Crippen LogP contribution in [0.1, 0.15) is 36.4 Å². The summed E-state index contributed by atoms with van der Waals surface area (Å²) in [5.41, 5.74) is 0.519. The monoisotopic (exact) mass is 405 g/mol. The van der Waals surface area contributed by atoms with Crippen LogP contribution in [-0.4, -0.2) is 33.2 Å². The molecule has 0 spiro atoms. The van der Waals surface area contributed by atoms with Crippen LogP contribution in [0.3, 0.4) is 0 Å². The molecule has 6 nitrogen and oxygen atoms in total. The first-order chi connectivity index (χ1) is 12.8. The van der Waals surface area contributed by atoms with Gasteiger partial charge in [-0.15, -0.1) is 0 Å². The van der Waals surface area contributed by atoms with Gasteiger partial charge in [0.15, 0.2) is 0 Å². The molecule has 1 saturated heterocycles. The number of halogens is 1. The minimum absolute atomic E-state index is 0.0852. The van der Waals surface area contributed by atoms with Crippen LogP contribution in [0, 0.1) is 0 Å². The zero-order valence-corrected chi connectivity index (χ0v) is 16.1. The average Bonchev–Trinajstić information content (AvgIpc) is 3.19. The Bertz CT molecular complexity index is 965. The molecule has 1 N–H and O–H groups in total. The molecule has 1 aliphatic heterocycles. The highest BCUT2D eigenvalue weighted by Gasteiger charge is 2.37. The van der Waals surface area contributed by atoms with Crippen molar-refractivity contribution in [1.29, 1.82) is 0 Å². The molecule has 27 heavy (non-hydrogen) atoms. The molecule has 1 aromatic carbocycles. The van der Waals surface area contributed by atoms with Gasteiger partial charge in [0.1, 0.15) is 11.5 Å². The van der Waals surface area contributed by atoms with Gasteiger partial charge in [0.05, 0.1) is 15.5 Å². The molecule has 1 unspecified atom stereocenters. The first kappa shape index (κ1) is 19.3. The van der Waals surface area contributed by atoms with Gasteiger partial charge in [-0.05, 0) is 55.4 Å². The molecule has 1 atom stereocenters. The number of carbonyl (C=O) groups excluding carboxylic acids is 2. The number of rotatable bonds is 5. The van der Waals surface area contributed by atoms with Gasteiger partial charge < -0.3 is 9.52 Å². The topological polar surface area (TPSA) is 87.8 Å². The van der Waals surface area contributed by atoms with Crippen molar-refractivity contribution >= 4 is 46.6 Å². The Balaban J connectivity index is 1.90. The largest absolute Gasteiger partial charge is 0.478 e. The van der Waals surface area contributed by atoms with Crippen molar-refractivity contribution < 1.29 is 23.9 Å². The van der Waals surface area contributed by atoms with Gasteiger partial charge in [-0.2, -0.15) is 0 Å². The van der Waals surface area contributed by atoms with E-state index in [2.05, 4.69) is 0 Å². The number of hydrogen-bond donors (Lipinski definition) is 1. The van der Waals surface area contributed by atoms with Crippen molar-refractivity contribution in [3.05, 3.63) is 51.6 Å². The molecule has 0 saturated carbocycles. The minimum Gasteiger partial charge on any atom is -0.478 e. The zero-order valence-electron chi connectivity index (χ0n) is 14.6. The summed E-state index contributed by atoms with van der Waals surface area (Å²) in [7, 11) is 0. The van der Waals surface area contributed by atoms with Crippen molar-refractivity contribution in [2.75, 3.05) is 0 Å². The van der Waals surface area contributed by atoms with Gasteiger partial charge in [-0.25, -0.2) is 4.79 Å². The third kappa shape index (κ3) is 3.79. The predicted molar refractivity (Wildman–Crippen MR) is 104 cm³/mol. The second-order valence-electron chi connectivity index (χ2n) is 6.01. The van der Waals surface area contributed by atoms with E-state index in [1.807, 2.05) is 13.8 Å². The molecule has 0 aliphatic carbocycles. The van der Waals surface area contributed by atoms with Gasteiger partial charge >= 0.3 is 5.97 Å². The number of hydrogen-bond acceptors (Lipinski definition) is 5. The molecule has 2 amide bonds. The number of aromatic carboxylic acids is 1. The fourth-order valence-corrected chi connectivity index (χ4v) is 3.71. The lowest BCUT2D eigenvalue weighted by molar-refractivity contribution is -0.124. The molecule has 1 aromatic heterocycles. The number of furan rings is 1. The highest BCUT2D eigenvalue weighted by atomic mass is 35.5. The fraction of sp³-hybridized carbons (Fsp3) is 0.211. The molecular formula is C19H16ClNO5S. The van der Waals surface area contributed by atoms with Gasteiger partial charge in [-0.1, -0.05) is 18.5 Å². The van der Waals surface area contributed by atoms with Gasteiger partial charge in [0.25, 0.3) is 11.1 Å². The smallest absolute Gasteiger partial charge is 0.335 e. The van der Waals surface area contributed by atoms with E-state index in [-0.39, 0.29) is 27.7 Å². The molecule has 140 valence electrons. The third-order valence-electron chi connectivity index (χ3n) is 4.23. The molecule has 0 radical (unpaired) electrons. The molecule has 8 heteroatoms. The van der Waals surface area contributed by atoms with Crippen molar-refractivity contribution in [2.45, 2.75) is 26.3 Å². The van der Waals surface area contributed by atoms with E-state index < -0.39 is 5.97 Å². The van der Waals surface area contributed by atoms with E-state index in [1.165, 1.54) is 29.2 Å². The van der Waals surface area contributed by atoms with Crippen LogP contribution in [0.15, 0.2) is 39.7 Å². The van der Waals surface area contributed by atoms with Crippen LogP contribution in [0.4, 0.5) is 4.79 Å². The van der Waals surface area contributed by atoms with Crippen LogP contribution in [0.5, 0.6) is 0 Å². The number of benzene rings is 1. The number of carboxylic acids is 1. The first-order valence-electron chi connectivity index (χ1n) is 8.22. The number of carboxylic acid groups (broad SMARTS) is 1. The molecule has 3 rings (SSSR count). The van der Waals surface area contributed by atoms with Crippen molar-refractivity contribution in [2.24, 2.45) is 0 Å². The fourth-order valence-electron chi connectivity index (χ4n) is 2.59. The van der Waals surface area contributed by atoms with Crippen LogP contribution in [-0.2, 0) is 4.79 Å². The Labute approximate surface area is 164 Å². The summed E-state index contributed by atoms with van der Waals surface area (Å²) in [4.78, 5) is 37.2. The summed E-state index contributed by atoms with van der Waals surface area (Å²) in [5.74, 6) is -0.673. The van der Waals surface area contributed by atoms with Gasteiger partial charge in [-0.3, -0.25) is 14.5 Å². The number of carbonyl (C=O) groups is 3. The van der Waals surface area contributed by atoms with E-state index in [4.69, 9.17) is 21.1 Å². The Morgan fingerprint density at radius 2 is 2.07 bits per heavy atom. The average molecular weight is 406 g/mol. The summed E-state index contributed by atoms with van der Waals surface area (Å²) in [6.07, 6.45) is 2.18. The number of thioether (sulfide) groups is 1. The normalized spacial score (nSPS) is 17.0. The van der Waals surface area contributed by atoms with Crippen molar-refractivity contribution in [3.63, 3.8) is 0 Å². The van der Waals surface area contributed by atoms with E-state index in [0.29, 0.717) is 28.5 Å². The Morgan fingerprint density at radius 3 is 2.74 bits per heavy atom. The number of amides is 2. The SMILES string of the molecule is CCC(C)N1C(=O)S/C(=C/c2ccc(-c3cc(C(=O)O)ccc3Cl)o2)C1=O. The highest BCUT2D eigenvalue weighted by molar-refractivity contribution is 8.18. The lowest BCUT2D eigenvalue weighted by Crippen LogP contribution is -2.36. The predicted octanol–water partition coefficient (Wildman–Crippen LogP) is 5.13. The maximum absolute atomic E-state index is 12.5. The second kappa shape index (κ2) is 7.62. The number of imide groups is 1.